The van der Waals surface area contributed by atoms with Gasteiger partial charge in [-0.1, -0.05) is 0 Å². The summed E-state index contributed by atoms with van der Waals surface area (Å²) in [5.41, 5.74) is -0.229. The zero-order chi connectivity index (χ0) is 7.84. The van der Waals surface area contributed by atoms with E-state index in [2.05, 4.69) is 0 Å². The molecule has 3 heteroatoms. The Morgan fingerprint density at radius 1 is 1.55 bits per heavy atom. The number of hydrogen-bond acceptors (Lipinski definition) is 1. The van der Waals surface area contributed by atoms with E-state index in [9.17, 15) is 9.18 Å². The Balaban J connectivity index is 2.48. The minimum Gasteiger partial charge on any atom is -0.312 e. The van der Waals surface area contributed by atoms with Crippen molar-refractivity contribution in [3.8, 4) is 0 Å². The van der Waals surface area contributed by atoms with Crippen molar-refractivity contribution in [3.63, 3.8) is 0 Å². The van der Waals surface area contributed by atoms with Crippen LogP contribution >= 0.6 is 0 Å². The van der Waals surface area contributed by atoms with Crippen LogP contribution in [0, 0.1) is 5.82 Å². The van der Waals surface area contributed by atoms with Gasteiger partial charge in [0.05, 0.1) is 0 Å². The highest BCUT2D eigenvalue weighted by molar-refractivity contribution is 5.00. The summed E-state index contributed by atoms with van der Waals surface area (Å²) in [5, 5.41) is 0. The van der Waals surface area contributed by atoms with Crippen molar-refractivity contribution < 1.29 is 4.39 Å². The van der Waals surface area contributed by atoms with E-state index in [0.717, 1.165) is 18.9 Å². The first-order valence-electron chi connectivity index (χ1n) is 3.65. The van der Waals surface area contributed by atoms with E-state index in [0.29, 0.717) is 6.04 Å². The fraction of sp³-hybridized carbons (Fsp3) is 0.375. The van der Waals surface area contributed by atoms with Crippen molar-refractivity contribution >= 4 is 0 Å². The molecule has 0 bridgehead atoms. The fourth-order valence-corrected chi connectivity index (χ4v) is 1.12. The van der Waals surface area contributed by atoms with Crippen molar-refractivity contribution in [2.24, 2.45) is 0 Å². The Labute approximate surface area is 63.3 Å². The average molecular weight is 153 g/mol. The first kappa shape index (κ1) is 6.58. The molecule has 0 N–H and O–H groups in total. The van der Waals surface area contributed by atoms with E-state index in [-0.39, 0.29) is 5.56 Å². The molecule has 0 radical (unpaired) electrons. The second-order valence-electron chi connectivity index (χ2n) is 2.82. The molecule has 0 aliphatic heterocycles. The smallest absolute Gasteiger partial charge is 0.253 e. The highest BCUT2D eigenvalue weighted by atomic mass is 19.1. The zero-order valence-electron chi connectivity index (χ0n) is 5.96. The lowest BCUT2D eigenvalue weighted by molar-refractivity contribution is 0.605. The molecule has 2 nitrogen and oxygen atoms in total. The summed E-state index contributed by atoms with van der Waals surface area (Å²) in [4.78, 5) is 11.0. The first-order chi connectivity index (χ1) is 5.27. The van der Waals surface area contributed by atoms with Crippen molar-refractivity contribution in [2.45, 2.75) is 18.9 Å². The van der Waals surface area contributed by atoms with E-state index in [1.807, 2.05) is 0 Å². The highest BCUT2D eigenvalue weighted by Gasteiger charge is 2.23. The van der Waals surface area contributed by atoms with E-state index in [1.165, 1.54) is 12.3 Å². The predicted molar refractivity (Wildman–Crippen MR) is 38.9 cm³/mol. The molecular weight excluding hydrogens is 145 g/mol. The molecule has 0 saturated heterocycles. The molecule has 0 amide bonds. The number of hydrogen-bond donors (Lipinski definition) is 0. The molecule has 1 saturated carbocycles. The van der Waals surface area contributed by atoms with Gasteiger partial charge in [0.2, 0.25) is 0 Å². The highest BCUT2D eigenvalue weighted by Crippen LogP contribution is 2.32. The lowest BCUT2D eigenvalue weighted by Crippen LogP contribution is -2.17. The Hall–Kier alpha value is -1.12. The molecule has 0 unspecified atom stereocenters. The van der Waals surface area contributed by atoms with Crippen molar-refractivity contribution in [2.75, 3.05) is 0 Å². The van der Waals surface area contributed by atoms with Crippen LogP contribution in [0.3, 0.4) is 0 Å². The van der Waals surface area contributed by atoms with Crippen LogP contribution in [-0.2, 0) is 0 Å². The van der Waals surface area contributed by atoms with Gasteiger partial charge in [0, 0.05) is 18.3 Å². The van der Waals surface area contributed by atoms with Crippen molar-refractivity contribution in [1.82, 2.24) is 4.57 Å². The molecule has 11 heavy (non-hydrogen) atoms. The number of pyridine rings is 1. The SMILES string of the molecule is O=c1cc(F)ccn1C1CC1. The summed E-state index contributed by atoms with van der Waals surface area (Å²) in [6, 6.07) is 2.68. The van der Waals surface area contributed by atoms with Crippen LogP contribution in [0.1, 0.15) is 18.9 Å². The zero-order valence-corrected chi connectivity index (χ0v) is 5.96. The van der Waals surface area contributed by atoms with Gasteiger partial charge < -0.3 is 4.57 Å². The summed E-state index contributed by atoms with van der Waals surface area (Å²) in [6.45, 7) is 0. The lowest BCUT2D eigenvalue weighted by Gasteiger charge is -1.99. The van der Waals surface area contributed by atoms with Gasteiger partial charge in [-0.05, 0) is 18.9 Å². The summed E-state index contributed by atoms with van der Waals surface area (Å²) in [6.07, 6.45) is 3.62. The van der Waals surface area contributed by atoms with E-state index in [4.69, 9.17) is 0 Å². The normalized spacial score (nSPS) is 16.8. The largest absolute Gasteiger partial charge is 0.312 e. The van der Waals surface area contributed by atoms with Crippen molar-refractivity contribution in [1.29, 1.82) is 0 Å². The maximum Gasteiger partial charge on any atom is 0.253 e. The molecule has 1 heterocycles. The second kappa shape index (κ2) is 2.19. The maximum absolute atomic E-state index is 12.4. The molecule has 0 spiro atoms. The van der Waals surface area contributed by atoms with Crippen molar-refractivity contribution in [3.05, 3.63) is 34.5 Å². The molecule has 1 aliphatic rings. The molecule has 2 rings (SSSR count). The number of halogens is 1. The quantitative estimate of drug-likeness (QED) is 0.596. The van der Waals surface area contributed by atoms with Gasteiger partial charge in [0.1, 0.15) is 5.82 Å². The maximum atomic E-state index is 12.4. The lowest BCUT2D eigenvalue weighted by atomic mass is 10.4. The van der Waals surface area contributed by atoms with Gasteiger partial charge in [0.25, 0.3) is 5.56 Å². The molecule has 1 aromatic rings. The van der Waals surface area contributed by atoms with E-state index < -0.39 is 5.82 Å². The number of nitrogens with zero attached hydrogens (tertiary/aromatic N) is 1. The number of aromatic nitrogens is 1. The summed E-state index contributed by atoms with van der Waals surface area (Å²) in [7, 11) is 0. The van der Waals surface area contributed by atoms with Gasteiger partial charge in [-0.3, -0.25) is 4.79 Å². The first-order valence-corrected chi connectivity index (χ1v) is 3.65. The van der Waals surface area contributed by atoms with Crippen LogP contribution in [0.4, 0.5) is 4.39 Å². The topological polar surface area (TPSA) is 22.0 Å². The minimum absolute atomic E-state index is 0.229. The summed E-state index contributed by atoms with van der Waals surface area (Å²) in [5.74, 6) is -0.452. The molecule has 0 atom stereocenters. The third-order valence-electron chi connectivity index (χ3n) is 1.85. The summed E-state index contributed by atoms with van der Waals surface area (Å²) >= 11 is 0. The standard InChI is InChI=1S/C8H8FNO/c9-6-3-4-10(7-1-2-7)8(11)5-6/h3-5,7H,1-2H2. The van der Waals surface area contributed by atoms with E-state index >= 15 is 0 Å². The molecule has 1 aliphatic carbocycles. The van der Waals surface area contributed by atoms with Crippen LogP contribution in [0.25, 0.3) is 0 Å². The van der Waals surface area contributed by atoms with Gasteiger partial charge in [0.15, 0.2) is 0 Å². The third kappa shape index (κ3) is 1.18. The third-order valence-corrected chi connectivity index (χ3v) is 1.85. The van der Waals surface area contributed by atoms with Gasteiger partial charge in [-0.2, -0.15) is 0 Å². The second-order valence-corrected chi connectivity index (χ2v) is 2.82. The molecule has 0 aromatic carbocycles. The monoisotopic (exact) mass is 153 g/mol. The van der Waals surface area contributed by atoms with Gasteiger partial charge in [-0.25, -0.2) is 4.39 Å². The van der Waals surface area contributed by atoms with Gasteiger partial charge in [-0.15, -0.1) is 0 Å². The summed E-state index contributed by atoms with van der Waals surface area (Å²) < 4.78 is 14.0. The molecule has 58 valence electrons. The van der Waals surface area contributed by atoms with Crippen LogP contribution in [0.2, 0.25) is 0 Å². The Bertz CT molecular complexity index is 327. The minimum atomic E-state index is -0.452. The van der Waals surface area contributed by atoms with Crippen LogP contribution in [0.5, 0.6) is 0 Å². The fourth-order valence-electron chi connectivity index (χ4n) is 1.12. The molecule has 1 aromatic heterocycles. The number of rotatable bonds is 1. The van der Waals surface area contributed by atoms with Crippen LogP contribution in [0.15, 0.2) is 23.1 Å². The van der Waals surface area contributed by atoms with Crippen LogP contribution < -0.4 is 5.56 Å². The Morgan fingerprint density at radius 3 is 2.82 bits per heavy atom. The Morgan fingerprint density at radius 2 is 2.27 bits per heavy atom. The molecular formula is C8H8FNO. The van der Waals surface area contributed by atoms with Gasteiger partial charge >= 0.3 is 0 Å². The average Bonchev–Trinajstić information content (AvgIpc) is 2.70. The van der Waals surface area contributed by atoms with Crippen LogP contribution in [-0.4, -0.2) is 4.57 Å². The predicted octanol–water partition coefficient (Wildman–Crippen LogP) is 1.32. The van der Waals surface area contributed by atoms with E-state index in [1.54, 1.807) is 4.57 Å². The Kier molecular flexibility index (Phi) is 1.31. The molecule has 1 fully saturated rings.